The fourth-order valence-corrected chi connectivity index (χ4v) is 4.60. The molecule has 0 spiro atoms. The highest BCUT2D eigenvalue weighted by atomic mass is 79.9. The van der Waals surface area contributed by atoms with E-state index < -0.39 is 0 Å². The Morgan fingerprint density at radius 3 is 2.41 bits per heavy atom. The molecule has 1 saturated heterocycles. The van der Waals surface area contributed by atoms with Crippen LogP contribution in [0.5, 0.6) is 11.5 Å². The molecule has 1 fully saturated rings. The van der Waals surface area contributed by atoms with Crippen molar-refractivity contribution in [3.05, 3.63) is 80.2 Å². The van der Waals surface area contributed by atoms with Crippen molar-refractivity contribution in [2.24, 2.45) is 0 Å². The van der Waals surface area contributed by atoms with Crippen molar-refractivity contribution in [2.45, 2.75) is 20.1 Å². The van der Waals surface area contributed by atoms with Crippen LogP contribution in [0.25, 0.3) is 0 Å². The molecule has 5 nitrogen and oxygen atoms in total. The van der Waals surface area contributed by atoms with Gasteiger partial charge in [-0.2, -0.15) is 0 Å². The van der Waals surface area contributed by atoms with Gasteiger partial charge in [-0.3, -0.25) is 0 Å². The van der Waals surface area contributed by atoms with E-state index in [1.54, 1.807) is 0 Å². The standard InChI is InChI=1S/C26H27BrCl2N2O3/c1-2-33-25-13-19(22(27)15-26(25)34-17-18-3-5-20(28)6-4-18)16-30-21-7-8-24(23(29)14-21)31-9-11-32-12-10-31/h3-8,13-15,30H,2,9-12,16-17H2,1H3. The Balaban J connectivity index is 1.43. The van der Waals surface area contributed by atoms with Gasteiger partial charge < -0.3 is 24.4 Å². The topological polar surface area (TPSA) is 43.0 Å². The second kappa shape index (κ2) is 12.0. The second-order valence-electron chi connectivity index (χ2n) is 7.86. The minimum atomic E-state index is 0.426. The lowest BCUT2D eigenvalue weighted by Gasteiger charge is -2.29. The normalized spacial score (nSPS) is 13.6. The Bertz CT molecular complexity index is 1110. The van der Waals surface area contributed by atoms with Crippen molar-refractivity contribution in [1.82, 2.24) is 0 Å². The van der Waals surface area contributed by atoms with Gasteiger partial charge in [0, 0.05) is 34.8 Å². The van der Waals surface area contributed by atoms with E-state index in [1.807, 2.05) is 49.4 Å². The molecular weight excluding hydrogens is 539 g/mol. The van der Waals surface area contributed by atoms with Crippen LogP contribution >= 0.6 is 39.1 Å². The molecule has 0 saturated carbocycles. The van der Waals surface area contributed by atoms with E-state index in [4.69, 9.17) is 37.4 Å². The van der Waals surface area contributed by atoms with Crippen LogP contribution in [-0.4, -0.2) is 32.9 Å². The Labute approximate surface area is 219 Å². The molecule has 1 N–H and O–H groups in total. The molecule has 0 aliphatic carbocycles. The van der Waals surface area contributed by atoms with Gasteiger partial charge in [-0.05, 0) is 60.5 Å². The maximum Gasteiger partial charge on any atom is 0.162 e. The van der Waals surface area contributed by atoms with Crippen LogP contribution in [-0.2, 0) is 17.9 Å². The molecule has 180 valence electrons. The number of morpholine rings is 1. The van der Waals surface area contributed by atoms with Crippen LogP contribution in [0.15, 0.2) is 59.1 Å². The highest BCUT2D eigenvalue weighted by Gasteiger charge is 2.15. The number of benzene rings is 3. The number of rotatable bonds is 9. The van der Waals surface area contributed by atoms with Gasteiger partial charge in [0.2, 0.25) is 0 Å². The summed E-state index contributed by atoms with van der Waals surface area (Å²) in [6, 6.07) is 17.6. The van der Waals surface area contributed by atoms with Crippen molar-refractivity contribution < 1.29 is 14.2 Å². The van der Waals surface area contributed by atoms with Crippen LogP contribution in [0.3, 0.4) is 0 Å². The number of halogens is 3. The third-order valence-electron chi connectivity index (χ3n) is 5.50. The van der Waals surface area contributed by atoms with Gasteiger partial charge >= 0.3 is 0 Å². The number of hydrogen-bond acceptors (Lipinski definition) is 5. The van der Waals surface area contributed by atoms with Gasteiger partial charge in [0.15, 0.2) is 11.5 Å². The average molecular weight is 566 g/mol. The first-order valence-electron chi connectivity index (χ1n) is 11.2. The van der Waals surface area contributed by atoms with Gasteiger partial charge in [0.1, 0.15) is 6.61 Å². The zero-order chi connectivity index (χ0) is 23.9. The summed E-state index contributed by atoms with van der Waals surface area (Å²) in [7, 11) is 0. The SMILES string of the molecule is CCOc1cc(CNc2ccc(N3CCOCC3)c(Cl)c2)c(Br)cc1OCc1ccc(Cl)cc1. The molecule has 0 aromatic heterocycles. The van der Waals surface area contributed by atoms with Crippen molar-refractivity contribution >= 4 is 50.5 Å². The van der Waals surface area contributed by atoms with Crippen molar-refractivity contribution in [1.29, 1.82) is 0 Å². The highest BCUT2D eigenvalue weighted by molar-refractivity contribution is 9.10. The zero-order valence-corrected chi connectivity index (χ0v) is 22.0. The summed E-state index contributed by atoms with van der Waals surface area (Å²) >= 11 is 16.2. The molecule has 1 aliphatic rings. The summed E-state index contributed by atoms with van der Waals surface area (Å²) in [6.07, 6.45) is 0. The largest absolute Gasteiger partial charge is 0.490 e. The zero-order valence-electron chi connectivity index (χ0n) is 19.0. The lowest BCUT2D eigenvalue weighted by molar-refractivity contribution is 0.122. The summed E-state index contributed by atoms with van der Waals surface area (Å²) in [5.74, 6) is 1.39. The van der Waals surface area contributed by atoms with Gasteiger partial charge in [-0.1, -0.05) is 51.3 Å². The summed E-state index contributed by atoms with van der Waals surface area (Å²) in [5, 5.41) is 4.89. The molecule has 4 rings (SSSR count). The van der Waals surface area contributed by atoms with Crippen molar-refractivity contribution in [3.63, 3.8) is 0 Å². The Morgan fingerprint density at radius 1 is 0.971 bits per heavy atom. The minimum Gasteiger partial charge on any atom is -0.490 e. The van der Waals surface area contributed by atoms with Gasteiger partial charge in [-0.25, -0.2) is 0 Å². The lowest BCUT2D eigenvalue weighted by Crippen LogP contribution is -2.36. The minimum absolute atomic E-state index is 0.426. The fraction of sp³-hybridized carbons (Fsp3) is 0.308. The third kappa shape index (κ3) is 6.51. The summed E-state index contributed by atoms with van der Waals surface area (Å²) in [6.45, 7) is 6.70. The molecular formula is C26H27BrCl2N2O3. The monoisotopic (exact) mass is 564 g/mol. The Hall–Kier alpha value is -2.12. The summed E-state index contributed by atoms with van der Waals surface area (Å²) < 4.78 is 18.3. The maximum atomic E-state index is 6.58. The van der Waals surface area contributed by atoms with Crippen LogP contribution in [0, 0.1) is 0 Å². The van der Waals surface area contributed by atoms with E-state index in [9.17, 15) is 0 Å². The highest BCUT2D eigenvalue weighted by Crippen LogP contribution is 2.35. The van der Waals surface area contributed by atoms with Gasteiger partial charge in [-0.15, -0.1) is 0 Å². The van der Waals surface area contributed by atoms with E-state index >= 15 is 0 Å². The smallest absolute Gasteiger partial charge is 0.162 e. The number of hydrogen-bond donors (Lipinski definition) is 1. The van der Waals surface area contributed by atoms with Crippen LogP contribution in [0.4, 0.5) is 11.4 Å². The van der Waals surface area contributed by atoms with E-state index in [1.165, 1.54) is 0 Å². The van der Waals surface area contributed by atoms with E-state index in [2.05, 4.69) is 38.3 Å². The first kappa shape index (κ1) is 25.0. The number of ether oxygens (including phenoxy) is 3. The first-order valence-corrected chi connectivity index (χ1v) is 12.8. The van der Waals surface area contributed by atoms with Crippen molar-refractivity contribution in [3.8, 4) is 11.5 Å². The molecule has 8 heteroatoms. The molecule has 0 bridgehead atoms. The van der Waals surface area contributed by atoms with Crippen molar-refractivity contribution in [2.75, 3.05) is 43.1 Å². The number of anilines is 2. The molecule has 3 aromatic rings. The Morgan fingerprint density at radius 2 is 1.71 bits per heavy atom. The predicted molar refractivity (Wildman–Crippen MR) is 143 cm³/mol. The quantitative estimate of drug-likeness (QED) is 0.297. The van der Waals surface area contributed by atoms with E-state index in [0.717, 1.165) is 58.3 Å². The number of nitrogens with zero attached hydrogens (tertiary/aromatic N) is 1. The van der Waals surface area contributed by atoms with Crippen LogP contribution in [0.1, 0.15) is 18.1 Å². The second-order valence-corrected chi connectivity index (χ2v) is 9.56. The van der Waals surface area contributed by atoms with Gasteiger partial charge in [0.05, 0.1) is 30.5 Å². The van der Waals surface area contributed by atoms with E-state index in [0.29, 0.717) is 36.3 Å². The van der Waals surface area contributed by atoms with E-state index in [-0.39, 0.29) is 0 Å². The average Bonchev–Trinajstić information content (AvgIpc) is 2.85. The molecule has 0 unspecified atom stereocenters. The first-order chi connectivity index (χ1) is 16.5. The molecule has 1 heterocycles. The predicted octanol–water partition coefficient (Wildman–Crippen LogP) is 7.18. The fourth-order valence-electron chi connectivity index (χ4n) is 3.71. The summed E-state index contributed by atoms with van der Waals surface area (Å²) in [5.41, 5.74) is 4.08. The molecule has 1 aliphatic heterocycles. The van der Waals surface area contributed by atoms with Crippen LogP contribution in [0.2, 0.25) is 10.0 Å². The molecule has 0 radical (unpaired) electrons. The summed E-state index contributed by atoms with van der Waals surface area (Å²) in [4.78, 5) is 2.25. The number of nitrogens with one attached hydrogen (secondary N) is 1. The Kier molecular flexibility index (Phi) is 8.84. The molecule has 3 aromatic carbocycles. The van der Waals surface area contributed by atoms with Gasteiger partial charge in [0.25, 0.3) is 0 Å². The maximum absolute atomic E-state index is 6.58. The third-order valence-corrected chi connectivity index (χ3v) is 6.80. The lowest BCUT2D eigenvalue weighted by atomic mass is 10.2. The molecule has 0 amide bonds. The molecule has 0 atom stereocenters. The van der Waals surface area contributed by atoms with Crippen LogP contribution < -0.4 is 19.7 Å². The molecule has 34 heavy (non-hydrogen) atoms.